The van der Waals surface area contributed by atoms with Gasteiger partial charge in [0.05, 0.1) is 12.7 Å². The van der Waals surface area contributed by atoms with E-state index in [0.717, 1.165) is 40.6 Å². The molecule has 0 amide bonds. The fourth-order valence-corrected chi connectivity index (χ4v) is 4.68. The number of nitrogens with zero attached hydrogens (tertiary/aromatic N) is 2. The van der Waals surface area contributed by atoms with Gasteiger partial charge in [0, 0.05) is 9.92 Å². The number of aromatic nitrogens is 1. The van der Waals surface area contributed by atoms with E-state index in [0.29, 0.717) is 6.54 Å². The van der Waals surface area contributed by atoms with E-state index in [9.17, 15) is 5.11 Å². The van der Waals surface area contributed by atoms with Crippen LogP contribution >= 0.6 is 23.4 Å². The zero-order valence-corrected chi connectivity index (χ0v) is 20.1. The fourth-order valence-electron chi connectivity index (χ4n) is 3.72. The van der Waals surface area contributed by atoms with Crippen molar-refractivity contribution in [3.05, 3.63) is 119 Å². The molecule has 170 valence electrons. The average molecular weight is 479 g/mol. The molecule has 4 aromatic rings. The Labute approximate surface area is 204 Å². The molecule has 33 heavy (non-hydrogen) atoms. The number of thioether (sulfide) groups is 1. The molecule has 0 unspecified atom stereocenters. The maximum absolute atomic E-state index is 11.8. The molecular weight excluding hydrogens is 452 g/mol. The Morgan fingerprint density at radius 2 is 1.55 bits per heavy atom. The lowest BCUT2D eigenvalue weighted by molar-refractivity contribution is 0.0900. The third-order valence-electron chi connectivity index (χ3n) is 5.44. The highest BCUT2D eigenvalue weighted by molar-refractivity contribution is 7.99. The first-order valence-corrected chi connectivity index (χ1v) is 12.3. The molecule has 4 rings (SSSR count). The fraction of sp³-hybridized carbons (Fsp3) is 0.222. The van der Waals surface area contributed by atoms with Crippen molar-refractivity contribution >= 4 is 23.4 Å². The number of hydrogen-bond acceptors (Lipinski definition) is 5. The SMILES string of the molecule is CN(CCCSc1ccc(Cl)cc1)Cc1cnc(C(O)(c2ccccc2)c2ccccc2)o1. The molecule has 0 spiro atoms. The second-order valence-electron chi connectivity index (χ2n) is 7.97. The van der Waals surface area contributed by atoms with Crippen molar-refractivity contribution in [2.45, 2.75) is 23.5 Å². The zero-order valence-electron chi connectivity index (χ0n) is 18.5. The van der Waals surface area contributed by atoms with Gasteiger partial charge < -0.3 is 9.52 Å². The van der Waals surface area contributed by atoms with E-state index in [-0.39, 0.29) is 5.89 Å². The topological polar surface area (TPSA) is 49.5 Å². The van der Waals surface area contributed by atoms with E-state index in [2.05, 4.69) is 16.9 Å². The highest BCUT2D eigenvalue weighted by atomic mass is 35.5. The summed E-state index contributed by atoms with van der Waals surface area (Å²) in [5.41, 5.74) is -0.0106. The van der Waals surface area contributed by atoms with E-state index >= 15 is 0 Å². The summed E-state index contributed by atoms with van der Waals surface area (Å²) in [5.74, 6) is 2.03. The largest absolute Gasteiger partial charge is 0.441 e. The number of aliphatic hydroxyl groups is 1. The Hall–Kier alpha value is -2.57. The van der Waals surface area contributed by atoms with Gasteiger partial charge in [0.25, 0.3) is 0 Å². The van der Waals surface area contributed by atoms with Crippen LogP contribution in [0, 0.1) is 0 Å². The third kappa shape index (κ3) is 5.87. The first kappa shape index (κ1) is 23.6. The summed E-state index contributed by atoms with van der Waals surface area (Å²) in [4.78, 5) is 7.91. The van der Waals surface area contributed by atoms with Crippen molar-refractivity contribution in [2.75, 3.05) is 19.3 Å². The van der Waals surface area contributed by atoms with Crippen LogP contribution in [0.25, 0.3) is 0 Å². The lowest BCUT2D eigenvalue weighted by Crippen LogP contribution is -2.29. The Kier molecular flexibility index (Phi) is 7.89. The second-order valence-corrected chi connectivity index (χ2v) is 9.57. The van der Waals surface area contributed by atoms with Crippen LogP contribution in [0.15, 0.2) is 100 Å². The molecule has 0 bridgehead atoms. The van der Waals surface area contributed by atoms with Crippen LogP contribution in [-0.2, 0) is 12.1 Å². The summed E-state index contributed by atoms with van der Waals surface area (Å²) in [7, 11) is 2.07. The van der Waals surface area contributed by atoms with Gasteiger partial charge in [0.2, 0.25) is 5.89 Å². The molecule has 0 radical (unpaired) electrons. The number of benzene rings is 3. The van der Waals surface area contributed by atoms with Crippen molar-refractivity contribution in [1.29, 1.82) is 0 Å². The summed E-state index contributed by atoms with van der Waals surface area (Å²) in [6.07, 6.45) is 2.76. The molecule has 1 N–H and O–H groups in total. The molecule has 0 aliphatic carbocycles. The van der Waals surface area contributed by atoms with Crippen LogP contribution in [0.5, 0.6) is 0 Å². The van der Waals surface area contributed by atoms with Crippen molar-refractivity contribution < 1.29 is 9.52 Å². The average Bonchev–Trinajstić information content (AvgIpc) is 3.32. The first-order chi connectivity index (χ1) is 16.1. The normalized spacial score (nSPS) is 11.8. The van der Waals surface area contributed by atoms with Crippen molar-refractivity contribution in [1.82, 2.24) is 9.88 Å². The van der Waals surface area contributed by atoms with Gasteiger partial charge in [-0.05, 0) is 61.2 Å². The molecule has 1 heterocycles. The molecule has 0 atom stereocenters. The number of hydrogen-bond donors (Lipinski definition) is 1. The Morgan fingerprint density at radius 3 is 2.15 bits per heavy atom. The lowest BCUT2D eigenvalue weighted by atomic mass is 9.86. The molecule has 0 aliphatic heterocycles. The summed E-state index contributed by atoms with van der Waals surface area (Å²) < 4.78 is 6.09. The van der Waals surface area contributed by atoms with Crippen molar-refractivity contribution in [3.8, 4) is 0 Å². The summed E-state index contributed by atoms with van der Waals surface area (Å²) in [6, 6.07) is 27.0. The quantitative estimate of drug-likeness (QED) is 0.216. The summed E-state index contributed by atoms with van der Waals surface area (Å²) >= 11 is 7.77. The molecular formula is C27H27ClN2O2S. The van der Waals surface area contributed by atoms with Crippen LogP contribution in [0.3, 0.4) is 0 Å². The van der Waals surface area contributed by atoms with E-state index < -0.39 is 5.60 Å². The van der Waals surface area contributed by atoms with E-state index in [1.807, 2.05) is 96.7 Å². The first-order valence-electron chi connectivity index (χ1n) is 10.9. The smallest absolute Gasteiger partial charge is 0.236 e. The van der Waals surface area contributed by atoms with Crippen molar-refractivity contribution in [2.24, 2.45) is 0 Å². The minimum absolute atomic E-state index is 0.279. The van der Waals surface area contributed by atoms with Crippen molar-refractivity contribution in [3.63, 3.8) is 0 Å². The maximum atomic E-state index is 11.8. The van der Waals surface area contributed by atoms with E-state index in [1.165, 1.54) is 4.90 Å². The van der Waals surface area contributed by atoms with Gasteiger partial charge in [-0.3, -0.25) is 4.90 Å². The molecule has 0 fully saturated rings. The lowest BCUT2D eigenvalue weighted by Gasteiger charge is -2.26. The van der Waals surface area contributed by atoms with Crippen LogP contribution in [0.4, 0.5) is 0 Å². The van der Waals surface area contributed by atoms with Gasteiger partial charge >= 0.3 is 0 Å². The molecule has 0 aliphatic rings. The van der Waals surface area contributed by atoms with Gasteiger partial charge in [-0.1, -0.05) is 72.3 Å². The Bertz CT molecular complexity index is 1090. The van der Waals surface area contributed by atoms with Crippen LogP contribution in [-0.4, -0.2) is 34.3 Å². The predicted molar refractivity (Wildman–Crippen MR) is 135 cm³/mol. The molecule has 3 aromatic carbocycles. The van der Waals surface area contributed by atoms with E-state index in [4.69, 9.17) is 16.0 Å². The molecule has 6 heteroatoms. The van der Waals surface area contributed by atoms with Crippen LogP contribution in [0.1, 0.15) is 29.2 Å². The second kappa shape index (κ2) is 11.0. The molecule has 0 saturated heterocycles. The van der Waals surface area contributed by atoms with E-state index in [1.54, 1.807) is 6.20 Å². The maximum Gasteiger partial charge on any atom is 0.236 e. The summed E-state index contributed by atoms with van der Waals surface area (Å²) in [5, 5.41) is 12.6. The van der Waals surface area contributed by atoms with Gasteiger partial charge in [-0.15, -0.1) is 11.8 Å². The predicted octanol–water partition coefficient (Wildman–Crippen LogP) is 6.23. The number of halogens is 1. The minimum atomic E-state index is -1.45. The minimum Gasteiger partial charge on any atom is -0.441 e. The number of oxazole rings is 1. The Morgan fingerprint density at radius 1 is 0.939 bits per heavy atom. The van der Waals surface area contributed by atoms with Crippen LogP contribution in [0.2, 0.25) is 5.02 Å². The molecule has 0 saturated carbocycles. The standard InChI is InChI=1S/C27H27ClN2O2S/c1-30(17-8-18-33-25-15-13-23(28)14-16-25)20-24-19-29-26(32-24)27(31,21-9-4-2-5-10-21)22-11-6-3-7-12-22/h2-7,9-16,19,31H,8,17-18,20H2,1H3. The monoisotopic (exact) mass is 478 g/mol. The Balaban J connectivity index is 1.40. The van der Waals surface area contributed by atoms with Gasteiger partial charge in [-0.2, -0.15) is 0 Å². The number of rotatable bonds is 10. The van der Waals surface area contributed by atoms with Gasteiger partial charge in [0.1, 0.15) is 5.76 Å². The van der Waals surface area contributed by atoms with Crippen LogP contribution < -0.4 is 0 Å². The van der Waals surface area contributed by atoms with Gasteiger partial charge in [0.15, 0.2) is 5.60 Å². The zero-order chi connectivity index (χ0) is 23.1. The molecule has 4 nitrogen and oxygen atoms in total. The third-order valence-corrected chi connectivity index (χ3v) is 6.79. The molecule has 1 aromatic heterocycles. The highest BCUT2D eigenvalue weighted by Gasteiger charge is 2.38. The summed E-state index contributed by atoms with van der Waals surface area (Å²) in [6.45, 7) is 1.55. The van der Waals surface area contributed by atoms with Gasteiger partial charge in [-0.25, -0.2) is 4.98 Å². The highest BCUT2D eigenvalue weighted by Crippen LogP contribution is 2.36.